The second-order valence-electron chi connectivity index (χ2n) is 6.22. The minimum atomic E-state index is -0.123. The van der Waals surface area contributed by atoms with Crippen molar-refractivity contribution in [2.45, 2.75) is 58.4 Å². The Kier molecular flexibility index (Phi) is 7.70. The number of hydrogen-bond donors (Lipinski definition) is 2. The first-order valence-corrected chi connectivity index (χ1v) is 8.88. The maximum absolute atomic E-state index is 11.9. The van der Waals surface area contributed by atoms with Crippen LogP contribution >= 0.6 is 0 Å². The molecule has 1 aliphatic rings. The summed E-state index contributed by atoms with van der Waals surface area (Å²) >= 11 is 0. The van der Waals surface area contributed by atoms with Crippen LogP contribution in [0.1, 0.15) is 57.4 Å². The first-order chi connectivity index (χ1) is 11.3. The van der Waals surface area contributed by atoms with Gasteiger partial charge in [-0.05, 0) is 31.2 Å². The fourth-order valence-corrected chi connectivity index (χ4v) is 3.02. The van der Waals surface area contributed by atoms with E-state index in [0.29, 0.717) is 19.0 Å². The molecule has 2 rings (SSSR count). The summed E-state index contributed by atoms with van der Waals surface area (Å²) in [6, 6.07) is 3.66. The zero-order valence-corrected chi connectivity index (χ0v) is 14.1. The van der Waals surface area contributed by atoms with Gasteiger partial charge in [-0.3, -0.25) is 0 Å². The lowest BCUT2D eigenvalue weighted by Gasteiger charge is -2.12. The fourth-order valence-electron chi connectivity index (χ4n) is 3.02. The molecule has 5 nitrogen and oxygen atoms in total. The van der Waals surface area contributed by atoms with Gasteiger partial charge in [0.25, 0.3) is 0 Å². The third kappa shape index (κ3) is 6.47. The molecule has 0 radical (unpaired) electrons. The van der Waals surface area contributed by atoms with Gasteiger partial charge >= 0.3 is 6.03 Å². The smallest absolute Gasteiger partial charge is 0.315 e. The van der Waals surface area contributed by atoms with Crippen LogP contribution in [0.5, 0.6) is 5.88 Å². The predicted octanol–water partition coefficient (Wildman–Crippen LogP) is 3.64. The van der Waals surface area contributed by atoms with Crippen LogP contribution in [0.3, 0.4) is 0 Å². The van der Waals surface area contributed by atoms with E-state index < -0.39 is 0 Å². The molecule has 2 N–H and O–H groups in total. The predicted molar refractivity (Wildman–Crippen MR) is 91.5 cm³/mol. The van der Waals surface area contributed by atoms with Crippen molar-refractivity contribution < 1.29 is 9.53 Å². The van der Waals surface area contributed by atoms with Crippen molar-refractivity contribution in [3.05, 3.63) is 23.9 Å². The maximum atomic E-state index is 11.9. The summed E-state index contributed by atoms with van der Waals surface area (Å²) in [5.41, 5.74) is 0.905. The Morgan fingerprint density at radius 3 is 2.96 bits per heavy atom. The van der Waals surface area contributed by atoms with Crippen LogP contribution in [0.25, 0.3) is 0 Å². The van der Waals surface area contributed by atoms with E-state index in [-0.39, 0.29) is 6.03 Å². The van der Waals surface area contributed by atoms with Crippen molar-refractivity contribution in [2.75, 3.05) is 13.2 Å². The van der Waals surface area contributed by atoms with E-state index >= 15 is 0 Å². The van der Waals surface area contributed by atoms with E-state index in [1.165, 1.54) is 32.1 Å². The average Bonchev–Trinajstić information content (AvgIpc) is 3.09. The largest absolute Gasteiger partial charge is 0.477 e. The zero-order valence-electron chi connectivity index (χ0n) is 14.1. The maximum Gasteiger partial charge on any atom is 0.315 e. The molecule has 128 valence electrons. The molecular weight excluding hydrogens is 290 g/mol. The van der Waals surface area contributed by atoms with Crippen LogP contribution in [0.15, 0.2) is 18.3 Å². The van der Waals surface area contributed by atoms with Crippen LogP contribution in [0, 0.1) is 5.92 Å². The van der Waals surface area contributed by atoms with Crippen LogP contribution in [0.4, 0.5) is 4.79 Å². The van der Waals surface area contributed by atoms with Gasteiger partial charge in [-0.15, -0.1) is 0 Å². The number of urea groups is 1. The Hall–Kier alpha value is -1.78. The minimum Gasteiger partial charge on any atom is -0.477 e. The van der Waals surface area contributed by atoms with E-state index in [9.17, 15) is 4.79 Å². The summed E-state index contributed by atoms with van der Waals surface area (Å²) in [4.78, 5) is 16.1. The van der Waals surface area contributed by atoms with Crippen molar-refractivity contribution in [3.63, 3.8) is 0 Å². The first-order valence-electron chi connectivity index (χ1n) is 8.88. The number of amides is 2. The Morgan fingerprint density at radius 2 is 2.17 bits per heavy atom. The molecule has 0 spiro atoms. The van der Waals surface area contributed by atoms with Gasteiger partial charge < -0.3 is 15.4 Å². The number of carbonyl (C=O) groups excluding carboxylic acids is 1. The van der Waals surface area contributed by atoms with Crippen molar-refractivity contribution in [2.24, 2.45) is 5.92 Å². The molecule has 1 fully saturated rings. The van der Waals surface area contributed by atoms with E-state index in [1.54, 1.807) is 6.20 Å². The molecule has 2 amide bonds. The average molecular weight is 319 g/mol. The standard InChI is InChI=1S/C18H29N3O2/c1-2-13-23-17-16(10-6-11-19-17)14-21-18(22)20-12-5-9-15-7-3-4-8-15/h6,10-11,15H,2-5,7-9,12-14H2,1H3,(H2,20,21,22). The highest BCUT2D eigenvalue weighted by atomic mass is 16.5. The van der Waals surface area contributed by atoms with Crippen LogP contribution in [0.2, 0.25) is 0 Å². The van der Waals surface area contributed by atoms with Gasteiger partial charge in [0.1, 0.15) is 0 Å². The number of nitrogens with one attached hydrogen (secondary N) is 2. The van der Waals surface area contributed by atoms with Gasteiger partial charge in [-0.1, -0.05) is 38.7 Å². The summed E-state index contributed by atoms with van der Waals surface area (Å²) in [6.07, 6.45) is 10.4. The van der Waals surface area contributed by atoms with Crippen LogP contribution in [-0.2, 0) is 6.54 Å². The molecule has 0 unspecified atom stereocenters. The van der Waals surface area contributed by atoms with Gasteiger partial charge in [0.15, 0.2) is 0 Å². The number of nitrogens with zero attached hydrogens (tertiary/aromatic N) is 1. The Bertz CT molecular complexity index is 473. The summed E-state index contributed by atoms with van der Waals surface area (Å²) < 4.78 is 5.59. The SMILES string of the molecule is CCCOc1ncccc1CNC(=O)NCCCC1CCCC1. The lowest BCUT2D eigenvalue weighted by atomic mass is 10.0. The fraction of sp³-hybridized carbons (Fsp3) is 0.667. The van der Waals surface area contributed by atoms with Crippen LogP contribution < -0.4 is 15.4 Å². The van der Waals surface area contributed by atoms with Gasteiger partial charge in [-0.2, -0.15) is 0 Å². The summed E-state index contributed by atoms with van der Waals surface area (Å²) in [5, 5.41) is 5.80. The number of rotatable bonds is 9. The van der Waals surface area contributed by atoms with E-state index in [0.717, 1.165) is 30.9 Å². The third-order valence-electron chi connectivity index (χ3n) is 4.28. The van der Waals surface area contributed by atoms with E-state index in [2.05, 4.69) is 22.5 Å². The van der Waals surface area contributed by atoms with Gasteiger partial charge in [0.05, 0.1) is 6.61 Å². The highest BCUT2D eigenvalue weighted by molar-refractivity contribution is 5.73. The first kappa shape index (κ1) is 17.6. The Morgan fingerprint density at radius 1 is 1.35 bits per heavy atom. The van der Waals surface area contributed by atoms with Gasteiger partial charge in [-0.25, -0.2) is 9.78 Å². The molecule has 0 aliphatic heterocycles. The normalized spacial score (nSPS) is 14.7. The molecule has 1 saturated carbocycles. The van der Waals surface area contributed by atoms with Crippen molar-refractivity contribution in [1.82, 2.24) is 15.6 Å². The molecule has 0 atom stereocenters. The lowest BCUT2D eigenvalue weighted by molar-refractivity contribution is 0.239. The van der Waals surface area contributed by atoms with E-state index in [1.807, 2.05) is 12.1 Å². The van der Waals surface area contributed by atoms with E-state index in [4.69, 9.17) is 4.74 Å². The summed E-state index contributed by atoms with van der Waals surface area (Å²) in [6.45, 7) is 3.87. The number of pyridine rings is 1. The molecule has 0 saturated heterocycles. The number of ether oxygens (including phenoxy) is 1. The van der Waals surface area contributed by atoms with Crippen molar-refractivity contribution in [1.29, 1.82) is 0 Å². The molecule has 5 heteroatoms. The van der Waals surface area contributed by atoms with Gasteiger partial charge in [0.2, 0.25) is 5.88 Å². The second kappa shape index (κ2) is 10.1. The minimum absolute atomic E-state index is 0.123. The monoisotopic (exact) mass is 319 g/mol. The molecule has 1 aromatic rings. The van der Waals surface area contributed by atoms with Crippen molar-refractivity contribution >= 4 is 6.03 Å². The van der Waals surface area contributed by atoms with Crippen LogP contribution in [-0.4, -0.2) is 24.2 Å². The highest BCUT2D eigenvalue weighted by Crippen LogP contribution is 2.28. The van der Waals surface area contributed by atoms with Crippen molar-refractivity contribution in [3.8, 4) is 5.88 Å². The molecule has 0 bridgehead atoms. The number of carbonyl (C=O) groups is 1. The highest BCUT2D eigenvalue weighted by Gasteiger charge is 2.14. The summed E-state index contributed by atoms with van der Waals surface area (Å²) in [7, 11) is 0. The molecule has 0 aromatic carbocycles. The molecule has 23 heavy (non-hydrogen) atoms. The molecular formula is C18H29N3O2. The molecule has 1 heterocycles. The zero-order chi connectivity index (χ0) is 16.3. The Labute approximate surface area is 139 Å². The Balaban J connectivity index is 1.63. The third-order valence-corrected chi connectivity index (χ3v) is 4.28. The van der Waals surface area contributed by atoms with Gasteiger partial charge in [0, 0.05) is 24.8 Å². The topological polar surface area (TPSA) is 63.2 Å². The lowest BCUT2D eigenvalue weighted by Crippen LogP contribution is -2.35. The number of hydrogen-bond acceptors (Lipinski definition) is 3. The summed E-state index contributed by atoms with van der Waals surface area (Å²) in [5.74, 6) is 1.49. The molecule has 1 aliphatic carbocycles. The second-order valence-corrected chi connectivity index (χ2v) is 6.22. The molecule has 1 aromatic heterocycles. The number of aromatic nitrogens is 1. The quantitative estimate of drug-likeness (QED) is 0.683.